The van der Waals surface area contributed by atoms with Crippen LogP contribution in [0.25, 0.3) is 0 Å². The number of hydrogen-bond donors (Lipinski definition) is 2. The smallest absolute Gasteiger partial charge is 0.0613 e. The van der Waals surface area contributed by atoms with Crippen molar-refractivity contribution in [3.8, 4) is 0 Å². The maximum Gasteiger partial charge on any atom is 0.0613 e. The third-order valence-electron chi connectivity index (χ3n) is 5.49. The number of aliphatic hydroxyl groups excluding tert-OH is 1. The fourth-order valence-corrected chi connectivity index (χ4v) is 3.83. The van der Waals surface area contributed by atoms with Crippen molar-refractivity contribution in [2.24, 2.45) is 0 Å². The van der Waals surface area contributed by atoms with Crippen LogP contribution in [0.3, 0.4) is 0 Å². The normalized spacial score (nSPS) is 34.9. The number of nitrogens with one attached hydrogen (secondary N) is 1. The summed E-state index contributed by atoms with van der Waals surface area (Å²) in [5.74, 6) is 0. The Morgan fingerprint density at radius 1 is 1.26 bits per heavy atom. The molecule has 0 amide bonds. The summed E-state index contributed by atoms with van der Waals surface area (Å²) in [5.41, 5.74) is -0.0391. The molecule has 1 heterocycles. The molecule has 2 atom stereocenters. The van der Waals surface area contributed by atoms with Gasteiger partial charge < -0.3 is 20.2 Å². The van der Waals surface area contributed by atoms with E-state index in [4.69, 9.17) is 0 Å². The third kappa shape index (κ3) is 3.48. The summed E-state index contributed by atoms with van der Waals surface area (Å²) >= 11 is 0. The Hall–Kier alpha value is -0.160. The Bertz CT molecular complexity index is 273. The molecule has 1 aliphatic carbocycles. The lowest BCUT2D eigenvalue weighted by atomic mass is 9.78. The van der Waals surface area contributed by atoms with E-state index in [-0.39, 0.29) is 12.1 Å². The zero-order valence-corrected chi connectivity index (χ0v) is 12.9. The first-order valence-corrected chi connectivity index (χ1v) is 7.80. The highest BCUT2D eigenvalue weighted by atomic mass is 16.3. The van der Waals surface area contributed by atoms with E-state index in [1.165, 1.54) is 38.8 Å². The van der Waals surface area contributed by atoms with E-state index >= 15 is 0 Å². The van der Waals surface area contributed by atoms with Gasteiger partial charge in [0.25, 0.3) is 0 Å². The summed E-state index contributed by atoms with van der Waals surface area (Å²) in [6, 6.07) is 1.36. The summed E-state index contributed by atoms with van der Waals surface area (Å²) in [6.45, 7) is 2.71. The lowest BCUT2D eigenvalue weighted by molar-refractivity contribution is 0.0397. The number of likely N-dealkylation sites (N-methyl/N-ethyl adjacent to an activating group) is 1. The molecule has 2 fully saturated rings. The average Bonchev–Trinajstić information content (AvgIpc) is 2.47. The zero-order valence-electron chi connectivity index (χ0n) is 12.9. The van der Waals surface area contributed by atoms with E-state index in [1.807, 2.05) is 7.05 Å². The molecule has 0 aromatic rings. The molecule has 0 bridgehead atoms. The molecule has 0 spiro atoms. The standard InChI is InChI=1S/C15H31N3O/c1-16-15(12-19)8-4-5-14(11-15)18(3)13-6-9-17(2)10-7-13/h13-14,16,19H,4-12H2,1-3H3. The van der Waals surface area contributed by atoms with Gasteiger partial charge in [-0.05, 0) is 72.8 Å². The number of likely N-dealkylation sites (tertiary alicyclic amines) is 1. The van der Waals surface area contributed by atoms with Crippen LogP contribution in [0, 0.1) is 0 Å². The first-order valence-electron chi connectivity index (χ1n) is 7.80. The molecule has 2 rings (SSSR count). The van der Waals surface area contributed by atoms with Crippen LogP contribution in [0.4, 0.5) is 0 Å². The van der Waals surface area contributed by atoms with Crippen LogP contribution < -0.4 is 5.32 Å². The predicted molar refractivity (Wildman–Crippen MR) is 79.4 cm³/mol. The van der Waals surface area contributed by atoms with Gasteiger partial charge >= 0.3 is 0 Å². The van der Waals surface area contributed by atoms with E-state index < -0.39 is 0 Å². The van der Waals surface area contributed by atoms with Gasteiger partial charge in [0.1, 0.15) is 0 Å². The first-order chi connectivity index (χ1) is 9.10. The van der Waals surface area contributed by atoms with Crippen LogP contribution in [0.1, 0.15) is 38.5 Å². The Labute approximate surface area is 118 Å². The second-order valence-electron chi connectivity index (χ2n) is 6.64. The molecule has 1 aliphatic heterocycles. The van der Waals surface area contributed by atoms with Gasteiger partial charge in [0.15, 0.2) is 0 Å². The first kappa shape index (κ1) is 15.2. The lowest BCUT2D eigenvalue weighted by Gasteiger charge is -2.46. The minimum absolute atomic E-state index is 0.0391. The molecular formula is C15H31N3O. The summed E-state index contributed by atoms with van der Waals surface area (Å²) in [4.78, 5) is 5.03. The van der Waals surface area contributed by atoms with Crippen molar-refractivity contribution in [2.75, 3.05) is 40.8 Å². The van der Waals surface area contributed by atoms with E-state index in [0.29, 0.717) is 6.04 Å². The molecule has 4 heteroatoms. The number of nitrogens with zero attached hydrogens (tertiary/aromatic N) is 2. The highest BCUT2D eigenvalue weighted by Crippen LogP contribution is 2.32. The van der Waals surface area contributed by atoms with Crippen LogP contribution in [0.15, 0.2) is 0 Å². The Balaban J connectivity index is 1.93. The molecule has 0 aromatic heterocycles. The third-order valence-corrected chi connectivity index (χ3v) is 5.49. The lowest BCUT2D eigenvalue weighted by Crippen LogP contribution is -2.56. The van der Waals surface area contributed by atoms with Gasteiger partial charge in [-0.3, -0.25) is 0 Å². The Kier molecular flexibility index (Phi) is 5.23. The molecule has 112 valence electrons. The van der Waals surface area contributed by atoms with Crippen molar-refractivity contribution in [3.05, 3.63) is 0 Å². The minimum Gasteiger partial charge on any atom is -0.394 e. The van der Waals surface area contributed by atoms with Gasteiger partial charge in [0.2, 0.25) is 0 Å². The molecule has 19 heavy (non-hydrogen) atoms. The number of rotatable bonds is 4. The fraction of sp³-hybridized carbons (Fsp3) is 1.00. The van der Waals surface area contributed by atoms with Crippen LogP contribution in [0.5, 0.6) is 0 Å². The predicted octanol–water partition coefficient (Wildman–Crippen LogP) is 0.905. The van der Waals surface area contributed by atoms with Crippen LogP contribution in [-0.4, -0.2) is 73.4 Å². The van der Waals surface area contributed by atoms with Gasteiger partial charge in [-0.15, -0.1) is 0 Å². The monoisotopic (exact) mass is 269 g/mol. The summed E-state index contributed by atoms with van der Waals surface area (Å²) in [7, 11) is 6.51. The van der Waals surface area contributed by atoms with Crippen molar-refractivity contribution < 1.29 is 5.11 Å². The van der Waals surface area contributed by atoms with Crippen molar-refractivity contribution in [1.82, 2.24) is 15.1 Å². The molecule has 0 radical (unpaired) electrons. The second-order valence-corrected chi connectivity index (χ2v) is 6.64. The van der Waals surface area contributed by atoms with Gasteiger partial charge in [-0.2, -0.15) is 0 Å². The molecule has 2 N–H and O–H groups in total. The van der Waals surface area contributed by atoms with Crippen LogP contribution in [-0.2, 0) is 0 Å². The quantitative estimate of drug-likeness (QED) is 0.795. The second kappa shape index (κ2) is 6.53. The van der Waals surface area contributed by atoms with E-state index in [2.05, 4.69) is 29.2 Å². The highest BCUT2D eigenvalue weighted by Gasteiger charge is 2.37. The largest absolute Gasteiger partial charge is 0.394 e. The van der Waals surface area contributed by atoms with Crippen molar-refractivity contribution in [2.45, 2.75) is 56.1 Å². The number of piperidine rings is 1. The molecule has 1 saturated carbocycles. The number of hydrogen-bond acceptors (Lipinski definition) is 4. The fourth-order valence-electron chi connectivity index (χ4n) is 3.83. The van der Waals surface area contributed by atoms with Crippen molar-refractivity contribution >= 4 is 0 Å². The van der Waals surface area contributed by atoms with Crippen molar-refractivity contribution in [3.63, 3.8) is 0 Å². The topological polar surface area (TPSA) is 38.7 Å². The van der Waals surface area contributed by atoms with Gasteiger partial charge in [-0.1, -0.05) is 0 Å². The molecule has 1 saturated heterocycles. The number of aliphatic hydroxyl groups is 1. The molecule has 0 aromatic carbocycles. The molecule has 4 nitrogen and oxygen atoms in total. The average molecular weight is 269 g/mol. The maximum absolute atomic E-state index is 9.70. The summed E-state index contributed by atoms with van der Waals surface area (Å²) in [5, 5.41) is 13.1. The van der Waals surface area contributed by atoms with Crippen molar-refractivity contribution in [1.29, 1.82) is 0 Å². The Morgan fingerprint density at radius 2 is 1.95 bits per heavy atom. The van der Waals surface area contributed by atoms with Crippen LogP contribution in [0.2, 0.25) is 0 Å². The van der Waals surface area contributed by atoms with Crippen LogP contribution >= 0.6 is 0 Å². The Morgan fingerprint density at radius 3 is 2.53 bits per heavy atom. The zero-order chi connectivity index (χ0) is 13.9. The van der Waals surface area contributed by atoms with Gasteiger partial charge in [0.05, 0.1) is 6.61 Å². The van der Waals surface area contributed by atoms with Gasteiger partial charge in [0, 0.05) is 17.6 Å². The molecular weight excluding hydrogens is 238 g/mol. The molecule has 2 aliphatic rings. The molecule has 2 unspecified atom stereocenters. The summed E-state index contributed by atoms with van der Waals surface area (Å²) < 4.78 is 0. The van der Waals surface area contributed by atoms with E-state index in [1.54, 1.807) is 0 Å². The highest BCUT2D eigenvalue weighted by molar-refractivity contribution is 4.96. The van der Waals surface area contributed by atoms with E-state index in [0.717, 1.165) is 18.9 Å². The summed E-state index contributed by atoms with van der Waals surface area (Å²) in [6.07, 6.45) is 7.28. The van der Waals surface area contributed by atoms with E-state index in [9.17, 15) is 5.11 Å². The minimum atomic E-state index is -0.0391. The SMILES string of the molecule is CNC1(CO)CCCC(N(C)C2CCN(C)CC2)C1. The van der Waals surface area contributed by atoms with Gasteiger partial charge in [-0.25, -0.2) is 0 Å². The maximum atomic E-state index is 9.70.